The Morgan fingerprint density at radius 2 is 2.06 bits per heavy atom. The fourth-order valence-corrected chi connectivity index (χ4v) is 2.16. The van der Waals surface area contributed by atoms with Crippen molar-refractivity contribution < 1.29 is 9.53 Å². The van der Waals surface area contributed by atoms with Gasteiger partial charge in [-0.25, -0.2) is 5.84 Å². The Balaban J connectivity index is 3.16. The van der Waals surface area contributed by atoms with Gasteiger partial charge in [0, 0.05) is 7.05 Å². The van der Waals surface area contributed by atoms with Crippen LogP contribution in [0.4, 0.5) is 0 Å². The molecule has 0 fully saturated rings. The Morgan fingerprint density at radius 3 is 2.47 bits per heavy atom. The summed E-state index contributed by atoms with van der Waals surface area (Å²) in [6, 6.07) is 5.57. The van der Waals surface area contributed by atoms with E-state index in [0.717, 1.165) is 20.8 Å². The molecule has 4 nitrogen and oxygen atoms in total. The summed E-state index contributed by atoms with van der Waals surface area (Å²) >= 11 is 3.40. The predicted octanol–water partition coefficient (Wildman–Crippen LogP) is 2.07. The minimum absolute atomic E-state index is 0.144. The summed E-state index contributed by atoms with van der Waals surface area (Å²) in [5.41, 5.74) is 0.214. The van der Waals surface area contributed by atoms with Gasteiger partial charge in [0.15, 0.2) is 0 Å². The zero-order chi connectivity index (χ0) is 13.2. The lowest BCUT2D eigenvalue weighted by molar-refractivity contribution is -0.135. The van der Waals surface area contributed by atoms with E-state index in [1.807, 2.05) is 32.0 Å². The Kier molecular flexibility index (Phi) is 4.16. The van der Waals surface area contributed by atoms with E-state index < -0.39 is 5.41 Å². The van der Waals surface area contributed by atoms with Crippen LogP contribution in [0.3, 0.4) is 0 Å². The zero-order valence-electron chi connectivity index (χ0n) is 10.5. The highest BCUT2D eigenvalue weighted by atomic mass is 79.9. The van der Waals surface area contributed by atoms with Crippen molar-refractivity contribution in [2.24, 2.45) is 5.84 Å². The normalized spacial score (nSPS) is 11.2. The van der Waals surface area contributed by atoms with Crippen LogP contribution in [-0.4, -0.2) is 25.1 Å². The Hall–Kier alpha value is -1.07. The summed E-state index contributed by atoms with van der Waals surface area (Å²) in [7, 11) is 3.15. The van der Waals surface area contributed by atoms with Crippen molar-refractivity contribution in [3.63, 3.8) is 0 Å². The maximum atomic E-state index is 12.0. The minimum atomic E-state index is -0.668. The van der Waals surface area contributed by atoms with Gasteiger partial charge in [0.25, 0.3) is 0 Å². The highest BCUT2D eigenvalue weighted by Gasteiger charge is 2.32. The van der Waals surface area contributed by atoms with E-state index in [9.17, 15) is 4.79 Å². The van der Waals surface area contributed by atoms with Gasteiger partial charge in [-0.15, -0.1) is 0 Å². The van der Waals surface area contributed by atoms with Crippen LogP contribution in [0.2, 0.25) is 0 Å². The Labute approximate surface area is 110 Å². The molecule has 0 bridgehead atoms. The van der Waals surface area contributed by atoms with Crippen LogP contribution in [-0.2, 0) is 10.2 Å². The number of carbonyl (C=O) groups is 1. The molecule has 0 saturated carbocycles. The van der Waals surface area contributed by atoms with Crippen LogP contribution >= 0.6 is 15.9 Å². The average Bonchev–Trinajstić information content (AvgIpc) is 2.27. The van der Waals surface area contributed by atoms with Crippen LogP contribution in [0.15, 0.2) is 22.7 Å². The number of hydrazine groups is 1. The van der Waals surface area contributed by atoms with E-state index in [1.165, 1.54) is 0 Å². The highest BCUT2D eigenvalue weighted by Crippen LogP contribution is 2.32. The molecule has 0 saturated heterocycles. The molecular formula is C12H17BrN2O2. The Bertz CT molecular complexity index is 431. The summed E-state index contributed by atoms with van der Waals surface area (Å²) in [5, 5.41) is 1.11. The van der Waals surface area contributed by atoms with Crippen molar-refractivity contribution >= 4 is 21.8 Å². The molecule has 0 aliphatic rings. The zero-order valence-corrected chi connectivity index (χ0v) is 12.0. The molecule has 1 aromatic carbocycles. The number of hydrogen-bond acceptors (Lipinski definition) is 3. The molecule has 0 atom stereocenters. The molecule has 0 aliphatic heterocycles. The molecule has 0 radical (unpaired) electrons. The number of hydrogen-bond donors (Lipinski definition) is 1. The molecule has 1 rings (SSSR count). The number of amides is 1. The fraction of sp³-hybridized carbons (Fsp3) is 0.417. The van der Waals surface area contributed by atoms with Crippen molar-refractivity contribution in [3.05, 3.63) is 28.2 Å². The third-order valence-electron chi connectivity index (χ3n) is 2.73. The summed E-state index contributed by atoms with van der Waals surface area (Å²) in [5.74, 6) is 6.09. The molecule has 2 N–H and O–H groups in total. The number of carbonyl (C=O) groups excluding carboxylic acids is 1. The average molecular weight is 301 g/mol. The number of nitrogens with zero attached hydrogens (tertiary/aromatic N) is 1. The van der Waals surface area contributed by atoms with Crippen molar-refractivity contribution in [2.75, 3.05) is 14.2 Å². The highest BCUT2D eigenvalue weighted by molar-refractivity contribution is 9.10. The van der Waals surface area contributed by atoms with Gasteiger partial charge in [0.2, 0.25) is 5.91 Å². The maximum Gasteiger partial charge on any atom is 0.246 e. The van der Waals surface area contributed by atoms with Crippen LogP contribution in [0.1, 0.15) is 19.4 Å². The van der Waals surface area contributed by atoms with Gasteiger partial charge in [-0.1, -0.05) is 6.07 Å². The molecule has 94 valence electrons. The smallest absolute Gasteiger partial charge is 0.246 e. The van der Waals surface area contributed by atoms with Crippen molar-refractivity contribution in [2.45, 2.75) is 19.3 Å². The first-order valence-electron chi connectivity index (χ1n) is 5.17. The molecule has 1 aromatic rings. The van der Waals surface area contributed by atoms with E-state index in [4.69, 9.17) is 10.6 Å². The second kappa shape index (κ2) is 5.06. The molecule has 17 heavy (non-hydrogen) atoms. The first kappa shape index (κ1) is 14.0. The number of nitrogens with two attached hydrogens (primary N) is 1. The molecule has 0 aromatic heterocycles. The summed E-state index contributed by atoms with van der Waals surface area (Å²) in [6.07, 6.45) is 0. The van der Waals surface area contributed by atoms with E-state index in [0.29, 0.717) is 0 Å². The lowest BCUT2D eigenvalue weighted by Crippen LogP contribution is -2.44. The predicted molar refractivity (Wildman–Crippen MR) is 70.7 cm³/mol. The van der Waals surface area contributed by atoms with E-state index in [2.05, 4.69) is 15.9 Å². The largest absolute Gasteiger partial charge is 0.496 e. The molecule has 0 heterocycles. The fourth-order valence-electron chi connectivity index (χ4n) is 1.62. The number of methoxy groups -OCH3 is 1. The van der Waals surface area contributed by atoms with Crippen molar-refractivity contribution in [3.8, 4) is 5.75 Å². The maximum absolute atomic E-state index is 12.0. The first-order chi connectivity index (χ1) is 7.80. The van der Waals surface area contributed by atoms with E-state index in [1.54, 1.807) is 14.2 Å². The van der Waals surface area contributed by atoms with Gasteiger partial charge < -0.3 is 4.74 Å². The second-order valence-corrected chi connectivity index (χ2v) is 5.24. The summed E-state index contributed by atoms with van der Waals surface area (Å²) < 4.78 is 5.97. The van der Waals surface area contributed by atoms with Gasteiger partial charge >= 0.3 is 0 Å². The lowest BCUT2D eigenvalue weighted by Gasteiger charge is -2.27. The molecular weight excluding hydrogens is 284 g/mol. The SMILES string of the molecule is COc1ccc(C(C)(C)C(=O)N(C)N)cc1Br. The number of benzene rings is 1. The van der Waals surface area contributed by atoms with Crippen LogP contribution in [0.5, 0.6) is 5.75 Å². The molecule has 5 heteroatoms. The quantitative estimate of drug-likeness (QED) is 0.528. The van der Waals surface area contributed by atoms with Crippen molar-refractivity contribution in [1.29, 1.82) is 0 Å². The second-order valence-electron chi connectivity index (χ2n) is 4.39. The number of rotatable bonds is 3. The van der Waals surface area contributed by atoms with Crippen LogP contribution in [0.25, 0.3) is 0 Å². The Morgan fingerprint density at radius 1 is 1.47 bits per heavy atom. The summed E-state index contributed by atoms with van der Waals surface area (Å²) in [6.45, 7) is 3.68. The third-order valence-corrected chi connectivity index (χ3v) is 3.35. The van der Waals surface area contributed by atoms with Gasteiger partial charge in [-0.2, -0.15) is 0 Å². The van der Waals surface area contributed by atoms with E-state index in [-0.39, 0.29) is 5.91 Å². The molecule has 0 aliphatic carbocycles. The first-order valence-corrected chi connectivity index (χ1v) is 5.97. The van der Waals surface area contributed by atoms with E-state index >= 15 is 0 Å². The minimum Gasteiger partial charge on any atom is -0.496 e. The van der Waals surface area contributed by atoms with Crippen molar-refractivity contribution in [1.82, 2.24) is 5.01 Å². The van der Waals surface area contributed by atoms with Gasteiger partial charge in [0.1, 0.15) is 5.75 Å². The van der Waals surface area contributed by atoms with Gasteiger partial charge in [-0.3, -0.25) is 9.80 Å². The topological polar surface area (TPSA) is 55.6 Å². The standard InChI is InChI=1S/C12H17BrN2O2/c1-12(2,11(16)15(3)14)8-5-6-10(17-4)9(13)7-8/h5-7H,14H2,1-4H3. The molecule has 1 amide bonds. The number of likely N-dealkylation sites (N-methyl/N-ethyl adjacent to an activating group) is 1. The lowest BCUT2D eigenvalue weighted by atomic mass is 9.83. The monoisotopic (exact) mass is 300 g/mol. The van der Waals surface area contributed by atoms with Gasteiger partial charge in [-0.05, 0) is 47.5 Å². The van der Waals surface area contributed by atoms with Gasteiger partial charge in [0.05, 0.1) is 17.0 Å². The van der Waals surface area contributed by atoms with Crippen LogP contribution in [0, 0.1) is 0 Å². The number of ether oxygens (including phenoxy) is 1. The summed E-state index contributed by atoms with van der Waals surface area (Å²) in [4.78, 5) is 12.0. The molecule has 0 spiro atoms. The number of halogens is 1. The molecule has 0 unspecified atom stereocenters. The third kappa shape index (κ3) is 2.79. The van der Waals surface area contributed by atoms with Crippen LogP contribution < -0.4 is 10.6 Å².